The highest BCUT2D eigenvalue weighted by Gasteiger charge is 2.55. The molecule has 6 aliphatic heterocycles. The lowest BCUT2D eigenvalue weighted by molar-refractivity contribution is -0.142. The molecule has 2 aromatic rings. The molecule has 23 heteroatoms. The second-order valence-corrected chi connectivity index (χ2v) is 18.5. The zero-order valence-corrected chi connectivity index (χ0v) is 38.7. The number of oxime groups is 2. The van der Waals surface area contributed by atoms with Gasteiger partial charge >= 0.3 is 12.1 Å². The van der Waals surface area contributed by atoms with Gasteiger partial charge in [0.25, 0.3) is 0 Å². The van der Waals surface area contributed by atoms with E-state index in [1.807, 2.05) is 44.2 Å². The van der Waals surface area contributed by atoms with Gasteiger partial charge in [-0.25, -0.2) is 9.59 Å². The lowest BCUT2D eigenvalue weighted by Gasteiger charge is -2.27. The van der Waals surface area contributed by atoms with Crippen LogP contribution in [0.4, 0.5) is 4.79 Å². The number of carboxylic acid groups (broad SMARTS) is 1. The lowest BCUT2D eigenvalue weighted by atomic mass is 9.91. The molecule has 6 heterocycles. The number of carbonyl (C=O) groups excluding carboxylic acids is 4. The third-order valence-corrected chi connectivity index (χ3v) is 11.9. The van der Waals surface area contributed by atoms with Gasteiger partial charge in [0.05, 0.1) is 30.1 Å². The predicted molar refractivity (Wildman–Crippen MR) is 241 cm³/mol. The number of aliphatic carboxylic acids is 1. The van der Waals surface area contributed by atoms with Gasteiger partial charge in [0.15, 0.2) is 40.3 Å². The molecule has 2 fully saturated rings. The SMILES string of the molecule is CC(C)(C)OC(=O)N1C[C@@]2(CC(c3ccc4c(c3)OCO4)=NO2)C[C@H]1C(=O)O.CCCC(NC(=O)[C@@H]1C[C@@]2(CN1)CC(c1ccc3c(c1)OCO3)=NO2)C(O)C(N)=O.CCC[C@H](N)C(O)C(N)=O. The number of primary amides is 2. The number of nitrogens with zero attached hydrogens (tertiary/aromatic N) is 3. The molecule has 2 aromatic carbocycles. The third kappa shape index (κ3) is 12.2. The number of rotatable bonds is 13. The number of hydrogen-bond acceptors (Lipinski definition) is 18. The van der Waals surface area contributed by atoms with Gasteiger partial charge in [-0.1, -0.05) is 37.0 Å². The van der Waals surface area contributed by atoms with Crippen LogP contribution in [0.2, 0.25) is 0 Å². The van der Waals surface area contributed by atoms with Gasteiger partial charge in [0, 0.05) is 49.4 Å². The molecule has 372 valence electrons. The summed E-state index contributed by atoms with van der Waals surface area (Å²) in [6, 6.07) is 8.31. The number of nitrogens with one attached hydrogen (secondary N) is 2. The quantitative estimate of drug-likeness (QED) is 0.139. The number of benzene rings is 2. The Bertz CT molecular complexity index is 2270. The summed E-state index contributed by atoms with van der Waals surface area (Å²) in [5.74, 6) is -0.327. The topological polar surface area (TPSA) is 341 Å². The number of carboxylic acids is 1. The van der Waals surface area contributed by atoms with Gasteiger partial charge < -0.3 is 76.5 Å². The fraction of sp³-hybridized carbons (Fsp3) is 0.578. The molecule has 0 aromatic heterocycles. The van der Waals surface area contributed by atoms with Crippen LogP contribution in [0.5, 0.6) is 23.0 Å². The van der Waals surface area contributed by atoms with Crippen LogP contribution in [0.25, 0.3) is 0 Å². The molecule has 0 radical (unpaired) electrons. The molecule has 2 saturated heterocycles. The number of amides is 4. The van der Waals surface area contributed by atoms with Gasteiger partial charge in [0.2, 0.25) is 31.3 Å². The Hall–Kier alpha value is -6.43. The van der Waals surface area contributed by atoms with E-state index in [-0.39, 0.29) is 32.5 Å². The van der Waals surface area contributed by atoms with Crippen molar-refractivity contribution >= 4 is 41.2 Å². The van der Waals surface area contributed by atoms with Crippen molar-refractivity contribution in [3.8, 4) is 23.0 Å². The van der Waals surface area contributed by atoms with E-state index < -0.39 is 77.1 Å². The Kier molecular flexibility index (Phi) is 15.9. The highest BCUT2D eigenvalue weighted by atomic mass is 16.7. The average Bonchev–Trinajstić information content (AvgIpc) is 4.16. The first kappa shape index (κ1) is 51.0. The Morgan fingerprint density at radius 1 is 0.824 bits per heavy atom. The maximum Gasteiger partial charge on any atom is 0.411 e. The van der Waals surface area contributed by atoms with Gasteiger partial charge in [0.1, 0.15) is 17.7 Å². The van der Waals surface area contributed by atoms with E-state index in [2.05, 4.69) is 20.9 Å². The van der Waals surface area contributed by atoms with Crippen molar-refractivity contribution < 1.29 is 72.7 Å². The standard InChI is InChI=1S/C20H26N4O6.C19H22N2O7.C6H14N2O2/c1-2-3-12(17(25)18(21)26)23-19(27)14-8-20(9-22-14)7-13(24-30-20)11-4-5-15-16(6-11)29-10-28-15;1-18(2,3)27-17(24)21-9-19(8-13(21)16(22)23)7-12(20-28-19)11-4-5-14-15(6-11)26-10-25-14;1-2-3-4(7)5(9)6(8)10/h4-6,12,14,17,22,25H,2-3,7-10H2,1H3,(H2,21,26)(H,23,27);4-6,13H,7-10H2,1-3H3,(H,22,23);4-5,9H,2-3,7H2,1H3,(H2,8,10)/t12?,14-,17?,20+;13-,19+;4-,5?/m000/s1. The Labute approximate surface area is 392 Å². The summed E-state index contributed by atoms with van der Waals surface area (Å²) in [5, 5.41) is 42.8. The second-order valence-electron chi connectivity index (χ2n) is 18.5. The summed E-state index contributed by atoms with van der Waals surface area (Å²) in [6.07, 6.45) is 0.789. The minimum Gasteiger partial charge on any atom is -0.480 e. The maximum absolute atomic E-state index is 12.7. The van der Waals surface area contributed by atoms with E-state index in [4.69, 9.17) is 55.7 Å². The van der Waals surface area contributed by atoms with E-state index in [0.717, 1.165) is 23.3 Å². The van der Waals surface area contributed by atoms with Crippen molar-refractivity contribution in [3.63, 3.8) is 0 Å². The van der Waals surface area contributed by atoms with Gasteiger partial charge in [-0.3, -0.25) is 19.3 Å². The number of fused-ring (bicyclic) bond motifs is 2. The van der Waals surface area contributed by atoms with Crippen molar-refractivity contribution in [2.75, 3.05) is 26.7 Å². The largest absolute Gasteiger partial charge is 0.480 e. The molecule has 6 aliphatic rings. The fourth-order valence-electron chi connectivity index (χ4n) is 8.40. The van der Waals surface area contributed by atoms with Crippen LogP contribution in [0.15, 0.2) is 46.7 Å². The molecule has 8 atom stereocenters. The number of likely N-dealkylation sites (tertiary alicyclic amines) is 1. The van der Waals surface area contributed by atoms with Crippen LogP contribution in [-0.2, 0) is 33.6 Å². The molecule has 11 N–H and O–H groups in total. The highest BCUT2D eigenvalue weighted by molar-refractivity contribution is 6.03. The Morgan fingerprint density at radius 3 is 1.87 bits per heavy atom. The van der Waals surface area contributed by atoms with E-state index in [9.17, 15) is 34.2 Å². The van der Waals surface area contributed by atoms with Crippen molar-refractivity contribution in [2.24, 2.45) is 27.5 Å². The van der Waals surface area contributed by atoms with Crippen molar-refractivity contribution in [2.45, 2.75) is 139 Å². The molecule has 2 spiro atoms. The van der Waals surface area contributed by atoms with Crippen molar-refractivity contribution in [3.05, 3.63) is 47.5 Å². The first-order chi connectivity index (χ1) is 32.2. The monoisotopic (exact) mass is 954 g/mol. The minimum atomic E-state index is -1.42. The normalized spacial score (nSPS) is 24.5. The van der Waals surface area contributed by atoms with E-state index in [1.165, 1.54) is 4.90 Å². The number of carbonyl (C=O) groups is 5. The van der Waals surface area contributed by atoms with Gasteiger partial charge in [-0.05, 0) is 70.0 Å². The lowest BCUT2D eigenvalue weighted by Crippen LogP contribution is -2.53. The molecule has 68 heavy (non-hydrogen) atoms. The molecular formula is C45H62N8O15. The van der Waals surface area contributed by atoms with Crippen molar-refractivity contribution in [1.82, 2.24) is 15.5 Å². The summed E-state index contributed by atoms with van der Waals surface area (Å²) < 4.78 is 26.8. The predicted octanol–water partition coefficient (Wildman–Crippen LogP) is 1.10. The molecule has 0 aliphatic carbocycles. The van der Waals surface area contributed by atoms with Crippen LogP contribution >= 0.6 is 0 Å². The summed E-state index contributed by atoms with van der Waals surface area (Å²) in [5.41, 5.74) is 16.3. The molecule has 0 bridgehead atoms. The molecule has 0 saturated carbocycles. The summed E-state index contributed by atoms with van der Waals surface area (Å²) in [7, 11) is 0. The number of hydrogen-bond donors (Lipinski definition) is 8. The van der Waals surface area contributed by atoms with Crippen LogP contribution in [0.3, 0.4) is 0 Å². The molecule has 23 nitrogen and oxygen atoms in total. The molecule has 8 rings (SSSR count). The fourth-order valence-corrected chi connectivity index (χ4v) is 8.40. The van der Waals surface area contributed by atoms with E-state index in [1.54, 1.807) is 26.8 Å². The minimum absolute atomic E-state index is 0.0937. The highest BCUT2D eigenvalue weighted by Crippen LogP contribution is 2.42. The molecule has 3 unspecified atom stereocenters. The summed E-state index contributed by atoms with van der Waals surface area (Å²) in [6.45, 7) is 9.96. The van der Waals surface area contributed by atoms with E-state index in [0.29, 0.717) is 73.8 Å². The van der Waals surface area contributed by atoms with Gasteiger partial charge in [-0.2, -0.15) is 0 Å². The maximum atomic E-state index is 12.7. The Balaban J connectivity index is 0.000000188. The number of aliphatic hydroxyl groups excluding tert-OH is 2. The van der Waals surface area contributed by atoms with Crippen LogP contribution in [-0.4, -0.2) is 141 Å². The first-order valence-electron chi connectivity index (χ1n) is 22.4. The molecular weight excluding hydrogens is 893 g/mol. The zero-order valence-electron chi connectivity index (χ0n) is 38.7. The molecule has 4 amide bonds. The van der Waals surface area contributed by atoms with Crippen LogP contribution in [0, 0.1) is 0 Å². The number of ether oxygens (including phenoxy) is 5. The summed E-state index contributed by atoms with van der Waals surface area (Å²) >= 11 is 0. The third-order valence-electron chi connectivity index (χ3n) is 11.9. The second kappa shape index (κ2) is 21.3. The number of aliphatic hydroxyl groups is 2. The summed E-state index contributed by atoms with van der Waals surface area (Å²) in [4.78, 5) is 71.2. The smallest absolute Gasteiger partial charge is 0.411 e. The zero-order chi connectivity index (χ0) is 49.6. The van der Waals surface area contributed by atoms with Gasteiger partial charge in [-0.15, -0.1) is 0 Å². The first-order valence-corrected chi connectivity index (χ1v) is 22.4. The van der Waals surface area contributed by atoms with Crippen LogP contribution in [0.1, 0.15) is 97.1 Å². The Morgan fingerprint density at radius 2 is 1.35 bits per heavy atom. The van der Waals surface area contributed by atoms with Crippen molar-refractivity contribution in [1.29, 1.82) is 0 Å². The van der Waals surface area contributed by atoms with E-state index >= 15 is 0 Å². The number of nitrogens with two attached hydrogens (primary N) is 3. The van der Waals surface area contributed by atoms with Crippen LogP contribution < -0.4 is 46.8 Å². The average molecular weight is 955 g/mol.